The zero-order chi connectivity index (χ0) is 14.3. The number of rotatable bonds is 2. The molecular formula is C13H12IN4O2-. The third kappa shape index (κ3) is 1.98. The SMILES string of the molecule is Cn1c(=O)c2c(ncn2[I-]c2ccccc2)n(C)c1=O. The molecule has 20 heavy (non-hydrogen) atoms. The average Bonchev–Trinajstić information content (AvgIpc) is 2.88. The van der Waals surface area contributed by atoms with Crippen LogP contribution in [-0.2, 0) is 14.1 Å². The van der Waals surface area contributed by atoms with E-state index in [9.17, 15) is 9.59 Å². The predicted octanol–water partition coefficient (Wildman–Crippen LogP) is -2.84. The van der Waals surface area contributed by atoms with E-state index >= 15 is 0 Å². The first kappa shape index (κ1) is 13.1. The Balaban J connectivity index is 2.24. The number of aromatic nitrogens is 4. The van der Waals surface area contributed by atoms with E-state index in [1.165, 1.54) is 15.2 Å². The van der Waals surface area contributed by atoms with Gasteiger partial charge in [-0.15, -0.1) is 0 Å². The molecule has 104 valence electrons. The summed E-state index contributed by atoms with van der Waals surface area (Å²) >= 11 is -0.563. The van der Waals surface area contributed by atoms with Crippen LogP contribution < -0.4 is 32.7 Å². The Labute approximate surface area is 124 Å². The second-order valence-electron chi connectivity index (χ2n) is 4.31. The molecule has 0 fully saturated rings. The molecule has 0 radical (unpaired) electrons. The van der Waals surface area contributed by atoms with Crippen LogP contribution in [0.25, 0.3) is 11.2 Å². The van der Waals surface area contributed by atoms with Gasteiger partial charge >= 0.3 is 125 Å². The quantitative estimate of drug-likeness (QED) is 0.448. The van der Waals surface area contributed by atoms with E-state index in [1.807, 2.05) is 33.1 Å². The molecule has 2 heterocycles. The molecule has 0 spiro atoms. The van der Waals surface area contributed by atoms with Crippen molar-refractivity contribution < 1.29 is 21.5 Å². The molecule has 1 aromatic carbocycles. The van der Waals surface area contributed by atoms with E-state index in [2.05, 4.69) is 4.98 Å². The van der Waals surface area contributed by atoms with Gasteiger partial charge in [0, 0.05) is 0 Å². The summed E-state index contributed by atoms with van der Waals surface area (Å²) in [4.78, 5) is 28.4. The fourth-order valence-corrected chi connectivity index (χ4v) is 4.20. The van der Waals surface area contributed by atoms with Crippen LogP contribution in [0.1, 0.15) is 0 Å². The van der Waals surface area contributed by atoms with Gasteiger partial charge in [0.15, 0.2) is 0 Å². The molecule has 0 aliphatic carbocycles. The van der Waals surface area contributed by atoms with Crippen molar-refractivity contribution in [2.45, 2.75) is 0 Å². The molecule has 0 N–H and O–H groups in total. The predicted molar refractivity (Wildman–Crippen MR) is 70.8 cm³/mol. The van der Waals surface area contributed by atoms with E-state index in [-0.39, 0.29) is 11.2 Å². The molecule has 0 aliphatic rings. The summed E-state index contributed by atoms with van der Waals surface area (Å²) in [6.45, 7) is 0. The Bertz CT molecular complexity index is 892. The first-order valence-electron chi connectivity index (χ1n) is 5.93. The summed E-state index contributed by atoms with van der Waals surface area (Å²) in [7, 11) is 3.12. The maximum absolute atomic E-state index is 12.3. The van der Waals surface area contributed by atoms with Crippen molar-refractivity contribution in [2.24, 2.45) is 14.1 Å². The van der Waals surface area contributed by atoms with Crippen molar-refractivity contribution in [1.82, 2.24) is 16.9 Å². The first-order valence-corrected chi connectivity index (χ1v) is 7.97. The molecule has 2 aromatic heterocycles. The third-order valence-electron chi connectivity index (χ3n) is 3.03. The van der Waals surface area contributed by atoms with Gasteiger partial charge in [0.2, 0.25) is 0 Å². The van der Waals surface area contributed by atoms with Crippen LogP contribution >= 0.6 is 0 Å². The summed E-state index contributed by atoms with van der Waals surface area (Å²) in [5, 5.41) is 0. The van der Waals surface area contributed by atoms with Gasteiger partial charge in [-0.3, -0.25) is 0 Å². The molecule has 3 rings (SSSR count). The Morgan fingerprint density at radius 2 is 1.75 bits per heavy atom. The average molecular weight is 383 g/mol. The van der Waals surface area contributed by atoms with Crippen LogP contribution in [0.2, 0.25) is 0 Å². The summed E-state index contributed by atoms with van der Waals surface area (Å²) in [5.74, 6) is 0. The Morgan fingerprint density at radius 1 is 1.05 bits per heavy atom. The molecule has 0 aliphatic heterocycles. The van der Waals surface area contributed by atoms with Gasteiger partial charge in [-0.25, -0.2) is 0 Å². The van der Waals surface area contributed by atoms with Crippen molar-refractivity contribution in [3.05, 3.63) is 61.1 Å². The number of halogens is 1. The van der Waals surface area contributed by atoms with Crippen LogP contribution in [0.5, 0.6) is 0 Å². The number of hydrogen-bond acceptors (Lipinski definition) is 3. The standard InChI is InChI=1S/C13H12IN4O2/c1-16-11-10(12(19)17(2)13(16)20)18(8-15-11)14-9-6-4-3-5-7-9/h3-8H,1-2H3/q-1. The normalized spacial score (nSPS) is 11.3. The number of imidazole rings is 1. The van der Waals surface area contributed by atoms with Crippen molar-refractivity contribution >= 4 is 11.2 Å². The number of benzene rings is 1. The zero-order valence-electron chi connectivity index (χ0n) is 10.9. The maximum atomic E-state index is 12.3. The van der Waals surface area contributed by atoms with Gasteiger partial charge in [0.05, 0.1) is 0 Å². The van der Waals surface area contributed by atoms with E-state index in [1.54, 1.807) is 13.4 Å². The summed E-state index contributed by atoms with van der Waals surface area (Å²) in [6, 6.07) is 9.98. The van der Waals surface area contributed by atoms with Crippen molar-refractivity contribution in [3.8, 4) is 0 Å². The molecule has 0 unspecified atom stereocenters. The second kappa shape index (κ2) is 4.89. The van der Waals surface area contributed by atoms with Gasteiger partial charge in [-0.2, -0.15) is 0 Å². The molecule has 7 heteroatoms. The molecule has 6 nitrogen and oxygen atoms in total. The Kier molecular flexibility index (Phi) is 3.20. The molecule has 0 saturated carbocycles. The van der Waals surface area contributed by atoms with Crippen molar-refractivity contribution in [3.63, 3.8) is 0 Å². The molecule has 3 aromatic rings. The molecular weight excluding hydrogens is 371 g/mol. The molecule has 0 amide bonds. The number of hydrogen-bond donors (Lipinski definition) is 0. The fraction of sp³-hybridized carbons (Fsp3) is 0.154. The fourth-order valence-electron chi connectivity index (χ4n) is 1.95. The number of aryl methyl sites for hydroxylation is 1. The van der Waals surface area contributed by atoms with Crippen molar-refractivity contribution in [2.75, 3.05) is 0 Å². The van der Waals surface area contributed by atoms with Crippen LogP contribution in [0.15, 0.2) is 46.2 Å². The summed E-state index contributed by atoms with van der Waals surface area (Å²) in [6.07, 6.45) is 1.64. The van der Waals surface area contributed by atoms with E-state index in [4.69, 9.17) is 0 Å². The van der Waals surface area contributed by atoms with Gasteiger partial charge in [0.1, 0.15) is 0 Å². The number of nitrogens with zero attached hydrogens (tertiary/aromatic N) is 4. The minimum atomic E-state index is -0.563. The van der Waals surface area contributed by atoms with Gasteiger partial charge < -0.3 is 0 Å². The van der Waals surface area contributed by atoms with Crippen LogP contribution in [0, 0.1) is 3.57 Å². The van der Waals surface area contributed by atoms with Gasteiger partial charge in [-0.1, -0.05) is 0 Å². The second-order valence-corrected chi connectivity index (χ2v) is 7.08. The van der Waals surface area contributed by atoms with Crippen LogP contribution in [-0.4, -0.2) is 16.9 Å². The van der Waals surface area contributed by atoms with E-state index in [0.29, 0.717) is 11.2 Å². The topological polar surface area (TPSA) is 61.8 Å². The molecule has 0 saturated heterocycles. The third-order valence-corrected chi connectivity index (χ3v) is 5.55. The van der Waals surface area contributed by atoms with Crippen molar-refractivity contribution in [1.29, 1.82) is 0 Å². The van der Waals surface area contributed by atoms with Gasteiger partial charge in [0.25, 0.3) is 0 Å². The van der Waals surface area contributed by atoms with Crippen LogP contribution in [0.3, 0.4) is 0 Å². The van der Waals surface area contributed by atoms with E-state index < -0.39 is 21.5 Å². The molecule has 0 bridgehead atoms. The summed E-state index contributed by atoms with van der Waals surface area (Å²) in [5.41, 5.74) is 0.280. The minimum absolute atomic E-state index is 0.295. The van der Waals surface area contributed by atoms with E-state index in [0.717, 1.165) is 4.57 Å². The van der Waals surface area contributed by atoms with Crippen LogP contribution in [0.4, 0.5) is 0 Å². The number of fused-ring (bicyclic) bond motifs is 1. The summed E-state index contributed by atoms with van der Waals surface area (Å²) < 4.78 is 5.59. The Morgan fingerprint density at radius 3 is 2.45 bits per heavy atom. The molecule has 0 atom stereocenters. The monoisotopic (exact) mass is 383 g/mol. The first-order chi connectivity index (χ1) is 9.59. The van der Waals surface area contributed by atoms with Gasteiger partial charge in [-0.05, 0) is 0 Å². The Hall–Kier alpha value is -1.90. The zero-order valence-corrected chi connectivity index (χ0v) is 13.1.